The van der Waals surface area contributed by atoms with Gasteiger partial charge in [0, 0.05) is 18.8 Å². The fourth-order valence-electron chi connectivity index (χ4n) is 1.58. The summed E-state index contributed by atoms with van der Waals surface area (Å²) >= 11 is 3.24. The molecule has 0 unspecified atom stereocenters. The molecule has 1 rings (SSSR count). The van der Waals surface area contributed by atoms with Gasteiger partial charge >= 0.3 is 12.1 Å². The largest absolute Gasteiger partial charge is 0.481 e. The molecule has 0 aliphatic heterocycles. The van der Waals surface area contributed by atoms with Crippen molar-refractivity contribution in [1.29, 1.82) is 0 Å². The fraction of sp³-hybridized carbons (Fsp3) is 0.583. The molecule has 7 nitrogen and oxygen atoms in total. The van der Waals surface area contributed by atoms with E-state index in [-0.39, 0.29) is 6.42 Å². The van der Waals surface area contributed by atoms with Crippen LogP contribution in [0.5, 0.6) is 0 Å². The number of hydrogen-bond acceptors (Lipinski definition) is 4. The molecule has 0 saturated heterocycles. The van der Waals surface area contributed by atoms with Crippen molar-refractivity contribution in [3.8, 4) is 0 Å². The highest BCUT2D eigenvalue weighted by Gasteiger charge is 2.25. The molecule has 0 aliphatic carbocycles. The Morgan fingerprint density at radius 2 is 2.15 bits per heavy atom. The molecule has 0 radical (unpaired) electrons. The first kappa shape index (κ1) is 16.5. The van der Waals surface area contributed by atoms with Gasteiger partial charge in [0.15, 0.2) is 0 Å². The van der Waals surface area contributed by atoms with Gasteiger partial charge in [-0.1, -0.05) is 0 Å². The Kier molecular flexibility index (Phi) is 5.15. The molecule has 0 aromatic carbocycles. The minimum atomic E-state index is -1.03. The first-order valence-electron chi connectivity index (χ1n) is 5.99. The number of nitrogens with one attached hydrogen (secondary N) is 1. The van der Waals surface area contributed by atoms with Crippen molar-refractivity contribution in [1.82, 2.24) is 15.1 Å². The van der Waals surface area contributed by atoms with Crippen molar-refractivity contribution in [3.63, 3.8) is 0 Å². The number of halogens is 1. The maximum Gasteiger partial charge on any atom is 0.408 e. The Labute approximate surface area is 125 Å². The molecule has 1 amide bonds. The van der Waals surface area contributed by atoms with Crippen LogP contribution >= 0.6 is 15.9 Å². The minimum Gasteiger partial charge on any atom is -0.481 e. The van der Waals surface area contributed by atoms with Crippen molar-refractivity contribution in [2.24, 2.45) is 7.05 Å². The monoisotopic (exact) mass is 347 g/mol. The van der Waals surface area contributed by atoms with Gasteiger partial charge < -0.3 is 15.2 Å². The number of amides is 1. The second-order valence-corrected chi connectivity index (χ2v) is 6.10. The smallest absolute Gasteiger partial charge is 0.408 e. The van der Waals surface area contributed by atoms with Crippen LogP contribution in [0, 0.1) is 0 Å². The molecular weight excluding hydrogens is 330 g/mol. The number of alkyl carbamates (subject to hydrolysis) is 1. The van der Waals surface area contributed by atoms with Gasteiger partial charge in [-0.05, 0) is 36.7 Å². The quantitative estimate of drug-likeness (QED) is 0.870. The molecule has 112 valence electrons. The maximum absolute atomic E-state index is 11.8. The average Bonchev–Trinajstić information content (AvgIpc) is 2.53. The van der Waals surface area contributed by atoms with Gasteiger partial charge in [-0.2, -0.15) is 5.10 Å². The van der Waals surface area contributed by atoms with Gasteiger partial charge in [0.1, 0.15) is 10.2 Å². The molecular formula is C12H18BrN3O4. The SMILES string of the molecule is Cn1cc([C@@H](CC(=O)O)NC(=O)OC(C)(C)C)c(Br)n1. The van der Waals surface area contributed by atoms with Crippen LogP contribution in [0.15, 0.2) is 10.8 Å². The van der Waals surface area contributed by atoms with E-state index < -0.39 is 23.7 Å². The van der Waals surface area contributed by atoms with E-state index >= 15 is 0 Å². The normalized spacial score (nSPS) is 12.8. The summed E-state index contributed by atoms with van der Waals surface area (Å²) < 4.78 is 7.15. The number of hydrogen-bond donors (Lipinski definition) is 2. The molecule has 0 aliphatic rings. The molecule has 1 aromatic heterocycles. The lowest BCUT2D eigenvalue weighted by molar-refractivity contribution is -0.137. The summed E-state index contributed by atoms with van der Waals surface area (Å²) in [6, 6.07) is -0.717. The molecule has 0 saturated carbocycles. The summed E-state index contributed by atoms with van der Waals surface area (Å²) in [5, 5.41) is 15.6. The topological polar surface area (TPSA) is 93.5 Å². The van der Waals surface area contributed by atoms with E-state index in [0.717, 1.165) is 0 Å². The predicted molar refractivity (Wildman–Crippen MR) is 75.3 cm³/mol. The van der Waals surface area contributed by atoms with Crippen molar-refractivity contribution in [3.05, 3.63) is 16.4 Å². The number of carboxylic acid groups (broad SMARTS) is 1. The molecule has 2 N–H and O–H groups in total. The third-order valence-electron chi connectivity index (χ3n) is 2.25. The molecule has 0 bridgehead atoms. The number of rotatable bonds is 4. The van der Waals surface area contributed by atoms with E-state index in [9.17, 15) is 9.59 Å². The maximum atomic E-state index is 11.8. The van der Waals surface area contributed by atoms with Crippen LogP contribution in [-0.4, -0.2) is 32.6 Å². The molecule has 20 heavy (non-hydrogen) atoms. The summed E-state index contributed by atoms with van der Waals surface area (Å²) in [5.41, 5.74) is -0.0647. The zero-order valence-corrected chi connectivity index (χ0v) is 13.4. The number of aryl methyl sites for hydroxylation is 1. The van der Waals surface area contributed by atoms with Crippen LogP contribution in [0.3, 0.4) is 0 Å². The fourth-order valence-corrected chi connectivity index (χ4v) is 2.21. The minimum absolute atomic E-state index is 0.260. The molecule has 1 atom stereocenters. The van der Waals surface area contributed by atoms with Gasteiger partial charge in [-0.25, -0.2) is 4.79 Å². The van der Waals surface area contributed by atoms with Gasteiger partial charge in [-0.3, -0.25) is 9.48 Å². The molecule has 0 fully saturated rings. The number of ether oxygens (including phenoxy) is 1. The van der Waals surface area contributed by atoms with E-state index in [2.05, 4.69) is 26.3 Å². The van der Waals surface area contributed by atoms with Gasteiger partial charge in [-0.15, -0.1) is 0 Å². The Balaban J connectivity index is 2.88. The van der Waals surface area contributed by atoms with Crippen molar-refractivity contribution in [2.75, 3.05) is 0 Å². The number of carbonyl (C=O) groups is 2. The molecule has 1 aromatic rings. The summed E-state index contributed by atoms with van der Waals surface area (Å²) in [7, 11) is 1.71. The summed E-state index contributed by atoms with van der Waals surface area (Å²) in [6.07, 6.45) is 0.720. The lowest BCUT2D eigenvalue weighted by Crippen LogP contribution is -2.35. The zero-order valence-electron chi connectivity index (χ0n) is 11.8. The van der Waals surface area contributed by atoms with E-state index in [0.29, 0.717) is 10.2 Å². The lowest BCUT2D eigenvalue weighted by atomic mass is 10.1. The Hall–Kier alpha value is -1.57. The zero-order chi connectivity index (χ0) is 15.5. The molecule has 0 spiro atoms. The van der Waals surface area contributed by atoms with E-state index in [1.165, 1.54) is 4.68 Å². The van der Waals surface area contributed by atoms with Gasteiger partial charge in [0.05, 0.1) is 12.5 Å². The second-order valence-electron chi connectivity index (χ2n) is 5.35. The first-order valence-corrected chi connectivity index (χ1v) is 6.78. The highest BCUT2D eigenvalue weighted by molar-refractivity contribution is 9.10. The number of aliphatic carboxylic acids is 1. The summed E-state index contributed by atoms with van der Waals surface area (Å²) in [6.45, 7) is 5.20. The van der Waals surface area contributed by atoms with Crippen LogP contribution in [0.25, 0.3) is 0 Å². The first-order chi connectivity index (χ1) is 9.08. The third kappa shape index (κ3) is 5.20. The van der Waals surface area contributed by atoms with Crippen LogP contribution < -0.4 is 5.32 Å². The van der Waals surface area contributed by atoms with Crippen LogP contribution in [-0.2, 0) is 16.6 Å². The number of aromatic nitrogens is 2. The van der Waals surface area contributed by atoms with Crippen LogP contribution in [0.1, 0.15) is 38.8 Å². The average molecular weight is 348 g/mol. The van der Waals surface area contributed by atoms with Crippen LogP contribution in [0.4, 0.5) is 4.79 Å². The summed E-state index contributed by atoms with van der Waals surface area (Å²) in [5.74, 6) is -1.03. The Bertz CT molecular complexity index is 507. The Morgan fingerprint density at radius 1 is 1.55 bits per heavy atom. The second kappa shape index (κ2) is 6.25. The third-order valence-corrected chi connectivity index (χ3v) is 2.87. The van der Waals surface area contributed by atoms with Gasteiger partial charge in [0.25, 0.3) is 0 Å². The number of carboxylic acids is 1. The van der Waals surface area contributed by atoms with Crippen molar-refractivity contribution in [2.45, 2.75) is 38.8 Å². The lowest BCUT2D eigenvalue weighted by Gasteiger charge is -2.22. The van der Waals surface area contributed by atoms with Crippen molar-refractivity contribution >= 4 is 28.0 Å². The van der Waals surface area contributed by atoms with E-state index in [1.807, 2.05) is 0 Å². The van der Waals surface area contributed by atoms with Gasteiger partial charge in [0.2, 0.25) is 0 Å². The Morgan fingerprint density at radius 3 is 2.55 bits per heavy atom. The molecule has 1 heterocycles. The number of carbonyl (C=O) groups excluding carboxylic acids is 1. The highest BCUT2D eigenvalue weighted by Crippen LogP contribution is 2.25. The number of nitrogens with zero attached hydrogens (tertiary/aromatic N) is 2. The van der Waals surface area contributed by atoms with Crippen LogP contribution in [0.2, 0.25) is 0 Å². The van der Waals surface area contributed by atoms with E-state index in [4.69, 9.17) is 9.84 Å². The standard InChI is InChI=1S/C12H18BrN3O4/c1-12(2,3)20-11(19)14-8(5-9(17)18)7-6-16(4)15-10(7)13/h6,8H,5H2,1-4H3,(H,14,19)(H,17,18)/t8-/m1/s1. The van der Waals surface area contributed by atoms with Crippen molar-refractivity contribution < 1.29 is 19.4 Å². The molecule has 8 heteroatoms. The summed E-state index contributed by atoms with van der Waals surface area (Å²) in [4.78, 5) is 22.7. The van der Waals surface area contributed by atoms with E-state index in [1.54, 1.807) is 34.0 Å². The highest BCUT2D eigenvalue weighted by atomic mass is 79.9. The predicted octanol–water partition coefficient (Wildman–Crippen LogP) is 2.22.